The largest absolute Gasteiger partial charge is 0.363 e. The summed E-state index contributed by atoms with van der Waals surface area (Å²) in [6, 6.07) is 7.44. The van der Waals surface area contributed by atoms with Crippen molar-refractivity contribution in [3.05, 3.63) is 35.5 Å². The van der Waals surface area contributed by atoms with Crippen molar-refractivity contribution in [2.75, 3.05) is 0 Å². The number of ketones is 1. The molecule has 0 fully saturated rings. The minimum Gasteiger partial charge on any atom is -0.363 e. The Labute approximate surface area is 92.7 Å². The number of primary amides is 1. The molecule has 16 heavy (non-hydrogen) atoms. The molecule has 1 heterocycles. The number of nitrogens with zero attached hydrogens (tertiary/aromatic N) is 1. The molecular formula is C12H12N2O2. The highest BCUT2D eigenvalue weighted by atomic mass is 16.2. The molecule has 0 saturated heterocycles. The van der Waals surface area contributed by atoms with Gasteiger partial charge in [-0.1, -0.05) is 18.2 Å². The second-order valence-corrected chi connectivity index (χ2v) is 3.73. The van der Waals surface area contributed by atoms with Gasteiger partial charge >= 0.3 is 0 Å². The van der Waals surface area contributed by atoms with Crippen LogP contribution in [0.25, 0.3) is 10.9 Å². The Bertz CT molecular complexity index is 596. The predicted octanol–water partition coefficient (Wildman–Crippen LogP) is 1.15. The number of aryl methyl sites for hydroxylation is 1. The van der Waals surface area contributed by atoms with Gasteiger partial charge in [-0.15, -0.1) is 0 Å². The van der Waals surface area contributed by atoms with Gasteiger partial charge in [-0.25, -0.2) is 0 Å². The third-order valence-electron chi connectivity index (χ3n) is 2.85. The van der Waals surface area contributed by atoms with Crippen molar-refractivity contribution < 1.29 is 9.59 Å². The number of carbonyl (C=O) groups excluding carboxylic acids is 2. The molecule has 4 heteroatoms. The summed E-state index contributed by atoms with van der Waals surface area (Å²) in [5, 5.41) is 0.770. The minimum absolute atomic E-state index is 0.408. The van der Waals surface area contributed by atoms with Gasteiger partial charge in [0.15, 0.2) is 0 Å². The van der Waals surface area contributed by atoms with E-state index >= 15 is 0 Å². The lowest BCUT2D eigenvalue weighted by atomic mass is 10.1. The number of nitrogens with two attached hydrogens (primary N) is 1. The molecule has 0 aliphatic carbocycles. The van der Waals surface area contributed by atoms with E-state index in [0.29, 0.717) is 5.56 Å². The molecule has 0 aliphatic heterocycles. The Hall–Kier alpha value is -2.10. The third kappa shape index (κ3) is 1.31. The maximum absolute atomic E-state index is 11.7. The highest BCUT2D eigenvalue weighted by molar-refractivity contribution is 6.44. The zero-order valence-corrected chi connectivity index (χ0v) is 9.15. The molecule has 0 unspecified atom stereocenters. The van der Waals surface area contributed by atoms with Gasteiger partial charge < -0.3 is 10.3 Å². The quantitative estimate of drug-likeness (QED) is 0.604. The Kier molecular flexibility index (Phi) is 2.27. The van der Waals surface area contributed by atoms with Crippen LogP contribution >= 0.6 is 0 Å². The first-order valence-electron chi connectivity index (χ1n) is 4.92. The first-order chi connectivity index (χ1) is 7.54. The summed E-state index contributed by atoms with van der Waals surface area (Å²) in [7, 11) is 1.86. The summed E-state index contributed by atoms with van der Waals surface area (Å²) >= 11 is 0. The molecule has 2 N–H and O–H groups in total. The van der Waals surface area contributed by atoms with Crippen LogP contribution < -0.4 is 5.73 Å². The van der Waals surface area contributed by atoms with Crippen molar-refractivity contribution >= 4 is 22.6 Å². The van der Waals surface area contributed by atoms with E-state index in [1.165, 1.54) is 0 Å². The zero-order valence-electron chi connectivity index (χ0n) is 9.15. The summed E-state index contributed by atoms with van der Waals surface area (Å²) in [6.45, 7) is 1.80. The smallest absolute Gasteiger partial charge is 0.289 e. The number of rotatable bonds is 2. The van der Waals surface area contributed by atoms with E-state index in [1.807, 2.05) is 35.9 Å². The van der Waals surface area contributed by atoms with Gasteiger partial charge in [0, 0.05) is 23.6 Å². The molecule has 0 radical (unpaired) electrons. The van der Waals surface area contributed by atoms with Crippen LogP contribution in [0.3, 0.4) is 0 Å². The van der Waals surface area contributed by atoms with Gasteiger partial charge in [0.05, 0.1) is 5.56 Å². The Balaban J connectivity index is 2.84. The molecule has 0 bridgehead atoms. The Morgan fingerprint density at radius 2 is 1.88 bits per heavy atom. The molecule has 82 valence electrons. The fourth-order valence-corrected chi connectivity index (χ4v) is 1.93. The van der Waals surface area contributed by atoms with Crippen molar-refractivity contribution in [1.29, 1.82) is 0 Å². The molecule has 0 aliphatic rings. The van der Waals surface area contributed by atoms with Gasteiger partial charge in [0.1, 0.15) is 0 Å². The molecule has 1 aromatic carbocycles. The van der Waals surface area contributed by atoms with E-state index < -0.39 is 11.7 Å². The van der Waals surface area contributed by atoms with E-state index in [2.05, 4.69) is 0 Å². The third-order valence-corrected chi connectivity index (χ3v) is 2.85. The number of hydrogen-bond acceptors (Lipinski definition) is 2. The summed E-state index contributed by atoms with van der Waals surface area (Å²) in [4.78, 5) is 22.7. The minimum atomic E-state index is -0.917. The van der Waals surface area contributed by atoms with Crippen LogP contribution in [0.1, 0.15) is 16.1 Å². The Morgan fingerprint density at radius 3 is 2.50 bits per heavy atom. The highest BCUT2D eigenvalue weighted by Gasteiger charge is 2.21. The first kappa shape index (κ1) is 10.4. The number of aromatic nitrogens is 1. The zero-order chi connectivity index (χ0) is 11.9. The first-order valence-corrected chi connectivity index (χ1v) is 4.92. The topological polar surface area (TPSA) is 65.1 Å². The monoisotopic (exact) mass is 216 g/mol. The second kappa shape index (κ2) is 3.48. The van der Waals surface area contributed by atoms with E-state index in [9.17, 15) is 9.59 Å². The van der Waals surface area contributed by atoms with Crippen LogP contribution in [0.5, 0.6) is 0 Å². The normalized spacial score (nSPS) is 10.6. The van der Waals surface area contributed by atoms with Crippen molar-refractivity contribution in [3.63, 3.8) is 0 Å². The van der Waals surface area contributed by atoms with Gasteiger partial charge in [0.25, 0.3) is 11.7 Å². The number of amides is 1. The van der Waals surface area contributed by atoms with Crippen LogP contribution in [0.4, 0.5) is 0 Å². The average molecular weight is 216 g/mol. The standard InChI is InChI=1S/C12H12N2O2/c1-7-10(11(15)12(13)16)8-5-3-4-6-9(8)14(7)2/h3-6H,1-2H3,(H2,13,16). The van der Waals surface area contributed by atoms with Crippen molar-refractivity contribution in [3.8, 4) is 0 Å². The number of Topliss-reactive ketones (excluding diaryl/α,β-unsaturated/α-hetero) is 1. The number of hydrogen-bond donors (Lipinski definition) is 1. The number of carbonyl (C=O) groups is 2. The molecule has 2 aromatic rings. The predicted molar refractivity (Wildman–Crippen MR) is 61.2 cm³/mol. The summed E-state index contributed by atoms with van der Waals surface area (Å²) < 4.78 is 1.88. The van der Waals surface area contributed by atoms with Crippen molar-refractivity contribution in [1.82, 2.24) is 4.57 Å². The van der Waals surface area contributed by atoms with E-state index in [4.69, 9.17) is 5.73 Å². The Morgan fingerprint density at radius 1 is 1.25 bits per heavy atom. The van der Waals surface area contributed by atoms with Crippen LogP contribution in [0, 0.1) is 6.92 Å². The maximum atomic E-state index is 11.7. The van der Waals surface area contributed by atoms with Gasteiger partial charge in [-0.2, -0.15) is 0 Å². The SMILES string of the molecule is Cc1c(C(=O)C(N)=O)c2ccccc2n1C. The van der Waals surface area contributed by atoms with Gasteiger partial charge in [-0.3, -0.25) is 9.59 Å². The fourth-order valence-electron chi connectivity index (χ4n) is 1.93. The maximum Gasteiger partial charge on any atom is 0.289 e. The highest BCUT2D eigenvalue weighted by Crippen LogP contribution is 2.24. The molecule has 1 aromatic heterocycles. The molecular weight excluding hydrogens is 204 g/mol. The number of fused-ring (bicyclic) bond motifs is 1. The molecule has 1 amide bonds. The van der Waals surface area contributed by atoms with Crippen LogP contribution in [-0.2, 0) is 11.8 Å². The average Bonchev–Trinajstić information content (AvgIpc) is 2.52. The molecule has 0 saturated carbocycles. The lowest BCUT2D eigenvalue weighted by molar-refractivity contribution is -0.114. The fraction of sp³-hybridized carbons (Fsp3) is 0.167. The van der Waals surface area contributed by atoms with Crippen molar-refractivity contribution in [2.45, 2.75) is 6.92 Å². The summed E-state index contributed by atoms with van der Waals surface area (Å²) in [6.07, 6.45) is 0. The van der Waals surface area contributed by atoms with Gasteiger partial charge in [-0.05, 0) is 13.0 Å². The molecule has 4 nitrogen and oxygen atoms in total. The summed E-state index contributed by atoms with van der Waals surface area (Å²) in [5.41, 5.74) is 7.12. The van der Waals surface area contributed by atoms with Crippen LogP contribution in [-0.4, -0.2) is 16.3 Å². The van der Waals surface area contributed by atoms with E-state index in [0.717, 1.165) is 16.6 Å². The number of para-hydroxylation sites is 1. The summed E-state index contributed by atoms with van der Waals surface area (Å²) in [5.74, 6) is -1.55. The lowest BCUT2D eigenvalue weighted by Crippen LogP contribution is -2.23. The van der Waals surface area contributed by atoms with Crippen LogP contribution in [0.15, 0.2) is 24.3 Å². The molecule has 0 spiro atoms. The van der Waals surface area contributed by atoms with E-state index in [-0.39, 0.29) is 0 Å². The van der Waals surface area contributed by atoms with E-state index in [1.54, 1.807) is 6.92 Å². The van der Waals surface area contributed by atoms with Crippen molar-refractivity contribution in [2.24, 2.45) is 12.8 Å². The lowest BCUT2D eigenvalue weighted by Gasteiger charge is -1.98. The number of benzene rings is 1. The second-order valence-electron chi connectivity index (χ2n) is 3.73. The van der Waals surface area contributed by atoms with Gasteiger partial charge in [0.2, 0.25) is 0 Å². The molecule has 2 rings (SSSR count). The van der Waals surface area contributed by atoms with Crippen LogP contribution in [0.2, 0.25) is 0 Å². The molecule has 0 atom stereocenters.